The molecule has 1 fully saturated rings. The summed E-state index contributed by atoms with van der Waals surface area (Å²) < 4.78 is 7.77. The predicted octanol–water partition coefficient (Wildman–Crippen LogP) is 3.03. The molecule has 1 unspecified atom stereocenters. The minimum atomic E-state index is -1.30. The number of ketones is 1. The Morgan fingerprint density at radius 1 is 0.951 bits per heavy atom. The number of nitrogens with zero attached hydrogens (tertiary/aromatic N) is 5. The first kappa shape index (κ1) is 28.2. The van der Waals surface area contributed by atoms with E-state index in [0.717, 1.165) is 42.8 Å². The fraction of sp³-hybridized carbons (Fsp3) is 0.233. The van der Waals surface area contributed by atoms with Crippen molar-refractivity contribution in [3.63, 3.8) is 0 Å². The highest BCUT2D eigenvalue weighted by Gasteiger charge is 2.34. The van der Waals surface area contributed by atoms with Crippen LogP contribution in [0.2, 0.25) is 0 Å². The molecule has 1 aliphatic heterocycles. The maximum atomic E-state index is 13.6. The molecule has 0 spiro atoms. The molecule has 0 bridgehead atoms. The zero-order valence-corrected chi connectivity index (χ0v) is 23.0. The summed E-state index contributed by atoms with van der Waals surface area (Å²) in [5, 5.41) is 0. The number of hydrogen-bond donors (Lipinski definition) is 1. The Hall–Kier alpha value is -4.38. The summed E-state index contributed by atoms with van der Waals surface area (Å²) >= 11 is 6.46. The Kier molecular flexibility index (Phi) is 8.83. The molecular weight excluding hydrogens is 544 g/mol. The summed E-state index contributed by atoms with van der Waals surface area (Å²) in [6.45, 7) is 4.20. The van der Waals surface area contributed by atoms with Crippen molar-refractivity contribution in [2.45, 2.75) is 19.0 Å². The molecule has 1 atom stereocenters. The monoisotopic (exact) mass is 572 g/mol. The molecule has 2 aromatic carbocycles. The average molecular weight is 573 g/mol. The molecule has 1 aliphatic rings. The molecule has 4 aromatic rings. The van der Waals surface area contributed by atoms with Gasteiger partial charge in [-0.15, -0.1) is 0 Å². The fourth-order valence-corrected chi connectivity index (χ4v) is 4.94. The van der Waals surface area contributed by atoms with E-state index in [1.54, 1.807) is 59.7 Å². The van der Waals surface area contributed by atoms with Crippen LogP contribution < -0.4 is 5.73 Å². The Morgan fingerprint density at radius 2 is 1.68 bits per heavy atom. The number of carbonyl (C=O) groups is 3. The fourth-order valence-electron chi connectivity index (χ4n) is 4.69. The van der Waals surface area contributed by atoms with Gasteiger partial charge in [0, 0.05) is 55.8 Å². The van der Waals surface area contributed by atoms with E-state index in [1.165, 1.54) is 5.56 Å². The van der Waals surface area contributed by atoms with E-state index < -0.39 is 23.6 Å². The number of aromatic nitrogens is 3. The highest BCUT2D eigenvalue weighted by Crippen LogP contribution is 2.23. The largest absolute Gasteiger partial charge is 0.379 e. The quantitative estimate of drug-likeness (QED) is 0.229. The standard InChI is InChI=1S/C30H29ClN6O4/c31-37(26(27(38)28(32)39)17-21-5-2-1-3-6-21)30(40)24-7-4-12-33-29(24)36-19-25(34-20-36)23-10-8-22(9-11-23)18-35-13-15-41-16-14-35/h1-12,19-20,26H,13-18H2,(H2,32,39). The van der Waals surface area contributed by atoms with Crippen LogP contribution in [-0.2, 0) is 27.3 Å². The third kappa shape index (κ3) is 6.68. The molecule has 10 nitrogen and oxygen atoms in total. The van der Waals surface area contributed by atoms with Crippen LogP contribution in [0, 0.1) is 0 Å². The first-order chi connectivity index (χ1) is 19.9. The molecule has 41 heavy (non-hydrogen) atoms. The molecule has 0 saturated carbocycles. The summed E-state index contributed by atoms with van der Waals surface area (Å²) in [4.78, 5) is 49.3. The molecule has 2 N–H and O–H groups in total. The highest BCUT2D eigenvalue weighted by molar-refractivity contribution is 6.40. The van der Waals surface area contributed by atoms with Gasteiger partial charge in [0.1, 0.15) is 12.4 Å². The first-order valence-electron chi connectivity index (χ1n) is 13.2. The number of morpholine rings is 1. The Morgan fingerprint density at radius 3 is 2.39 bits per heavy atom. The van der Waals surface area contributed by atoms with E-state index in [4.69, 9.17) is 22.2 Å². The zero-order chi connectivity index (χ0) is 28.8. The van der Waals surface area contributed by atoms with E-state index in [9.17, 15) is 14.4 Å². The first-order valence-corrected chi connectivity index (χ1v) is 13.5. The van der Waals surface area contributed by atoms with Crippen LogP contribution in [0.5, 0.6) is 0 Å². The van der Waals surface area contributed by atoms with E-state index in [0.29, 0.717) is 11.3 Å². The van der Waals surface area contributed by atoms with Gasteiger partial charge >= 0.3 is 0 Å². The third-order valence-electron chi connectivity index (χ3n) is 6.89. The number of amides is 2. The van der Waals surface area contributed by atoms with E-state index >= 15 is 0 Å². The molecule has 0 aliphatic carbocycles. The number of hydrogen-bond acceptors (Lipinski definition) is 7. The molecule has 2 amide bonds. The number of nitrogens with two attached hydrogens (primary N) is 1. The number of carbonyl (C=O) groups excluding carboxylic acids is 3. The summed E-state index contributed by atoms with van der Waals surface area (Å²) in [5.41, 5.74) is 8.93. The Bertz CT molecular complexity index is 1520. The zero-order valence-electron chi connectivity index (χ0n) is 22.2. The van der Waals surface area contributed by atoms with Gasteiger partial charge in [0.25, 0.3) is 11.8 Å². The smallest absolute Gasteiger partial charge is 0.287 e. The van der Waals surface area contributed by atoms with Gasteiger partial charge in [0.05, 0.1) is 24.5 Å². The van der Waals surface area contributed by atoms with Crippen molar-refractivity contribution in [3.05, 3.63) is 102 Å². The van der Waals surface area contributed by atoms with Gasteiger partial charge in [0.2, 0.25) is 5.78 Å². The van der Waals surface area contributed by atoms with Crippen molar-refractivity contribution in [3.8, 4) is 17.1 Å². The maximum Gasteiger partial charge on any atom is 0.287 e. The lowest BCUT2D eigenvalue weighted by Gasteiger charge is -2.26. The lowest BCUT2D eigenvalue weighted by Crippen LogP contribution is -2.46. The lowest BCUT2D eigenvalue weighted by molar-refractivity contribution is -0.137. The lowest BCUT2D eigenvalue weighted by atomic mass is 10.0. The number of rotatable bonds is 10. The van der Waals surface area contributed by atoms with Crippen LogP contribution in [0.25, 0.3) is 17.1 Å². The average Bonchev–Trinajstić information content (AvgIpc) is 3.50. The molecule has 5 rings (SSSR count). The van der Waals surface area contributed by atoms with Gasteiger partial charge in [-0.3, -0.25) is 23.9 Å². The van der Waals surface area contributed by atoms with Crippen LogP contribution in [0.4, 0.5) is 0 Å². The Balaban J connectivity index is 1.36. The van der Waals surface area contributed by atoms with Crippen molar-refractivity contribution in [1.82, 2.24) is 23.9 Å². The molecule has 3 heterocycles. The molecule has 2 aromatic heterocycles. The molecule has 1 saturated heterocycles. The number of primary amides is 1. The second-order valence-electron chi connectivity index (χ2n) is 9.68. The number of benzene rings is 2. The van der Waals surface area contributed by atoms with Gasteiger partial charge in [-0.2, -0.15) is 0 Å². The third-order valence-corrected chi connectivity index (χ3v) is 7.28. The van der Waals surface area contributed by atoms with Gasteiger partial charge in [-0.1, -0.05) is 54.6 Å². The second kappa shape index (κ2) is 12.9. The number of halogens is 1. The summed E-state index contributed by atoms with van der Waals surface area (Å²) in [5.74, 6) is -2.57. The molecule has 210 valence electrons. The van der Waals surface area contributed by atoms with Crippen molar-refractivity contribution in [2.24, 2.45) is 5.73 Å². The minimum absolute atomic E-state index is 0.0181. The van der Waals surface area contributed by atoms with Gasteiger partial charge in [-0.25, -0.2) is 14.4 Å². The number of imidazole rings is 1. The predicted molar refractivity (Wildman–Crippen MR) is 153 cm³/mol. The van der Waals surface area contributed by atoms with Crippen LogP contribution in [-0.4, -0.2) is 73.8 Å². The normalized spacial score (nSPS) is 14.4. The Labute approximate surface area is 242 Å². The van der Waals surface area contributed by atoms with Crippen LogP contribution in [0.1, 0.15) is 21.5 Å². The SMILES string of the molecule is NC(=O)C(=O)C(Cc1ccccc1)N(Cl)C(=O)c1cccnc1-n1cnc(-c2ccc(CN3CCOCC3)cc2)c1. The maximum absolute atomic E-state index is 13.6. The van der Waals surface area contributed by atoms with Gasteiger partial charge < -0.3 is 10.5 Å². The van der Waals surface area contributed by atoms with Crippen molar-refractivity contribution in [2.75, 3.05) is 26.3 Å². The van der Waals surface area contributed by atoms with Gasteiger partial charge in [-0.05, 0) is 23.3 Å². The highest BCUT2D eigenvalue weighted by atomic mass is 35.5. The van der Waals surface area contributed by atoms with E-state index in [1.807, 2.05) is 18.2 Å². The van der Waals surface area contributed by atoms with E-state index in [-0.39, 0.29) is 17.8 Å². The van der Waals surface area contributed by atoms with Crippen molar-refractivity contribution >= 4 is 29.4 Å². The van der Waals surface area contributed by atoms with Crippen LogP contribution in [0.15, 0.2) is 85.5 Å². The van der Waals surface area contributed by atoms with Gasteiger partial charge in [0.15, 0.2) is 5.82 Å². The van der Waals surface area contributed by atoms with Crippen molar-refractivity contribution in [1.29, 1.82) is 0 Å². The minimum Gasteiger partial charge on any atom is -0.379 e. The summed E-state index contributed by atoms with van der Waals surface area (Å²) in [7, 11) is 0. The molecule has 11 heteroatoms. The summed E-state index contributed by atoms with van der Waals surface area (Å²) in [6, 6.07) is 19.0. The van der Waals surface area contributed by atoms with Crippen molar-refractivity contribution < 1.29 is 19.1 Å². The molecule has 0 radical (unpaired) electrons. The number of pyridine rings is 1. The number of Topliss-reactive ketones (excluding diaryl/α,β-unsaturated/α-hetero) is 1. The molecular formula is C30H29ClN6O4. The summed E-state index contributed by atoms with van der Waals surface area (Å²) in [6.07, 6.45) is 4.89. The van der Waals surface area contributed by atoms with Crippen LogP contribution >= 0.6 is 11.8 Å². The second-order valence-corrected chi connectivity index (χ2v) is 10.0. The number of ether oxygens (including phenoxy) is 1. The van der Waals surface area contributed by atoms with E-state index in [2.05, 4.69) is 27.0 Å². The van der Waals surface area contributed by atoms with Crippen LogP contribution in [0.3, 0.4) is 0 Å². The topological polar surface area (TPSA) is 124 Å².